The van der Waals surface area contributed by atoms with Gasteiger partial charge in [-0.25, -0.2) is 9.45 Å². The molecule has 17 heavy (non-hydrogen) atoms. The summed E-state index contributed by atoms with van der Waals surface area (Å²) in [4.78, 5) is 16.8. The lowest BCUT2D eigenvalue weighted by molar-refractivity contribution is -0.0755. The Morgan fingerprint density at radius 3 is 2.76 bits per heavy atom. The molecule has 0 aliphatic carbocycles. The van der Waals surface area contributed by atoms with Gasteiger partial charge in [-0.05, 0) is 29.0 Å². The molecule has 0 saturated heterocycles. The van der Waals surface area contributed by atoms with E-state index >= 15 is 0 Å². The van der Waals surface area contributed by atoms with Gasteiger partial charge in [-0.2, -0.15) is 0 Å². The average molecular weight is 233 g/mol. The van der Waals surface area contributed by atoms with E-state index in [1.165, 1.54) is 26.3 Å². The maximum atomic E-state index is 13.1. The highest BCUT2D eigenvalue weighted by Crippen LogP contribution is 2.21. The molecule has 88 valence electrons. The van der Waals surface area contributed by atoms with Gasteiger partial charge in [0.1, 0.15) is 5.82 Å². The Morgan fingerprint density at radius 2 is 2.06 bits per heavy atom. The second-order valence-corrected chi connectivity index (χ2v) is 3.66. The Labute approximate surface area is 98.4 Å². The summed E-state index contributed by atoms with van der Waals surface area (Å²) < 4.78 is 13.1. The van der Waals surface area contributed by atoms with Crippen LogP contribution in [-0.2, 0) is 4.84 Å². The number of hydroxylamine groups is 2. The molecule has 0 fully saturated rings. The molecule has 3 nitrogen and oxygen atoms in total. The van der Waals surface area contributed by atoms with Gasteiger partial charge < -0.3 is 0 Å². The van der Waals surface area contributed by atoms with E-state index in [0.717, 1.165) is 5.06 Å². The quantitative estimate of drug-likeness (QED) is 0.746. The molecular formula is C13H12FNO2. The first-order chi connectivity index (χ1) is 8.13. The molecule has 0 atom stereocenters. The maximum Gasteiger partial charge on any atom is 0.277 e. The molecule has 0 aliphatic rings. The minimum Gasteiger partial charge on any atom is -0.274 e. The van der Waals surface area contributed by atoms with Crippen molar-refractivity contribution in [3.05, 3.63) is 47.8 Å². The number of amides is 1. The van der Waals surface area contributed by atoms with Crippen LogP contribution in [0.1, 0.15) is 10.4 Å². The highest BCUT2D eigenvalue weighted by molar-refractivity contribution is 6.06. The van der Waals surface area contributed by atoms with E-state index in [-0.39, 0.29) is 11.7 Å². The van der Waals surface area contributed by atoms with Crippen LogP contribution in [0.2, 0.25) is 0 Å². The molecule has 1 amide bonds. The van der Waals surface area contributed by atoms with Crippen molar-refractivity contribution in [2.24, 2.45) is 0 Å². The highest BCUT2D eigenvalue weighted by atomic mass is 19.1. The standard InChI is InChI=1S/C13H12FNO2/c1-15(17-2)13(16)12-5-3-4-9-8-10(14)6-7-11(9)12/h3-8H,1-2H3. The topological polar surface area (TPSA) is 29.5 Å². The van der Waals surface area contributed by atoms with Gasteiger partial charge >= 0.3 is 0 Å². The third-order valence-electron chi connectivity index (χ3n) is 2.63. The Morgan fingerprint density at radius 1 is 1.29 bits per heavy atom. The first kappa shape index (κ1) is 11.5. The van der Waals surface area contributed by atoms with E-state index in [1.807, 2.05) is 0 Å². The molecule has 0 spiro atoms. The number of carbonyl (C=O) groups excluding carboxylic acids is 1. The van der Waals surface area contributed by atoms with Crippen LogP contribution in [0.3, 0.4) is 0 Å². The minimum absolute atomic E-state index is 0.260. The monoisotopic (exact) mass is 233 g/mol. The summed E-state index contributed by atoms with van der Waals surface area (Å²) >= 11 is 0. The third kappa shape index (κ3) is 2.12. The summed E-state index contributed by atoms with van der Waals surface area (Å²) in [6.07, 6.45) is 0. The van der Waals surface area contributed by atoms with Crippen LogP contribution >= 0.6 is 0 Å². The van der Waals surface area contributed by atoms with Crippen molar-refractivity contribution in [3.8, 4) is 0 Å². The molecule has 2 rings (SSSR count). The van der Waals surface area contributed by atoms with Crippen LogP contribution < -0.4 is 0 Å². The van der Waals surface area contributed by atoms with Gasteiger partial charge in [0, 0.05) is 12.6 Å². The molecule has 0 heterocycles. The highest BCUT2D eigenvalue weighted by Gasteiger charge is 2.14. The number of hydrogen-bond donors (Lipinski definition) is 0. The largest absolute Gasteiger partial charge is 0.277 e. The smallest absolute Gasteiger partial charge is 0.274 e. The summed E-state index contributed by atoms with van der Waals surface area (Å²) in [6.45, 7) is 0. The zero-order valence-electron chi connectivity index (χ0n) is 9.61. The van der Waals surface area contributed by atoms with Gasteiger partial charge in [0.2, 0.25) is 0 Å². The lowest BCUT2D eigenvalue weighted by atomic mass is 10.0. The maximum absolute atomic E-state index is 13.1. The molecule has 4 heteroatoms. The molecule has 2 aromatic rings. The van der Waals surface area contributed by atoms with Gasteiger partial charge in [-0.3, -0.25) is 9.63 Å². The summed E-state index contributed by atoms with van der Waals surface area (Å²) in [7, 11) is 2.95. The second kappa shape index (κ2) is 4.51. The minimum atomic E-state index is -0.317. The van der Waals surface area contributed by atoms with Crippen molar-refractivity contribution >= 4 is 16.7 Å². The van der Waals surface area contributed by atoms with Crippen LogP contribution in [0.25, 0.3) is 10.8 Å². The molecule has 0 saturated carbocycles. The lowest BCUT2D eigenvalue weighted by Crippen LogP contribution is -2.25. The van der Waals surface area contributed by atoms with Crippen molar-refractivity contribution in [1.82, 2.24) is 5.06 Å². The van der Waals surface area contributed by atoms with Crippen molar-refractivity contribution < 1.29 is 14.0 Å². The van der Waals surface area contributed by atoms with Crippen LogP contribution in [0.4, 0.5) is 4.39 Å². The van der Waals surface area contributed by atoms with Crippen molar-refractivity contribution in [2.75, 3.05) is 14.2 Å². The van der Waals surface area contributed by atoms with E-state index in [0.29, 0.717) is 16.3 Å². The van der Waals surface area contributed by atoms with Crippen LogP contribution in [0.5, 0.6) is 0 Å². The SMILES string of the molecule is CON(C)C(=O)c1cccc2cc(F)ccc12. The first-order valence-corrected chi connectivity index (χ1v) is 5.14. The van der Waals surface area contributed by atoms with E-state index < -0.39 is 0 Å². The number of halogens is 1. The van der Waals surface area contributed by atoms with E-state index in [4.69, 9.17) is 4.84 Å². The number of carbonyl (C=O) groups is 1. The predicted molar refractivity (Wildman–Crippen MR) is 63.0 cm³/mol. The average Bonchev–Trinajstić information content (AvgIpc) is 2.35. The van der Waals surface area contributed by atoms with E-state index in [1.54, 1.807) is 24.3 Å². The van der Waals surface area contributed by atoms with Crippen LogP contribution in [-0.4, -0.2) is 25.1 Å². The first-order valence-electron chi connectivity index (χ1n) is 5.14. The van der Waals surface area contributed by atoms with Crippen molar-refractivity contribution in [3.63, 3.8) is 0 Å². The van der Waals surface area contributed by atoms with E-state index in [9.17, 15) is 9.18 Å². The Kier molecular flexibility index (Phi) is 3.06. The Bertz CT molecular complexity index is 568. The molecule has 0 radical (unpaired) electrons. The Hall–Kier alpha value is -1.94. The van der Waals surface area contributed by atoms with Gasteiger partial charge in [0.15, 0.2) is 0 Å². The third-order valence-corrected chi connectivity index (χ3v) is 2.63. The Balaban J connectivity index is 2.58. The number of hydrogen-bond acceptors (Lipinski definition) is 2. The van der Waals surface area contributed by atoms with Gasteiger partial charge in [-0.1, -0.05) is 18.2 Å². The normalized spacial score (nSPS) is 10.5. The van der Waals surface area contributed by atoms with Gasteiger partial charge in [-0.15, -0.1) is 0 Å². The fourth-order valence-corrected chi connectivity index (χ4v) is 1.69. The number of nitrogens with zero attached hydrogens (tertiary/aromatic N) is 1. The van der Waals surface area contributed by atoms with Gasteiger partial charge in [0.05, 0.1) is 7.11 Å². The van der Waals surface area contributed by atoms with Crippen molar-refractivity contribution in [2.45, 2.75) is 0 Å². The fourth-order valence-electron chi connectivity index (χ4n) is 1.69. The second-order valence-electron chi connectivity index (χ2n) is 3.66. The van der Waals surface area contributed by atoms with Crippen LogP contribution in [0.15, 0.2) is 36.4 Å². The zero-order valence-corrected chi connectivity index (χ0v) is 9.61. The van der Waals surface area contributed by atoms with Crippen molar-refractivity contribution in [1.29, 1.82) is 0 Å². The summed E-state index contributed by atoms with van der Waals surface area (Å²) in [6, 6.07) is 9.52. The summed E-state index contributed by atoms with van der Waals surface area (Å²) in [5, 5.41) is 2.54. The van der Waals surface area contributed by atoms with Crippen LogP contribution in [0, 0.1) is 5.82 Å². The molecule has 0 bridgehead atoms. The molecule has 0 aromatic heterocycles. The van der Waals surface area contributed by atoms with Gasteiger partial charge in [0.25, 0.3) is 5.91 Å². The zero-order chi connectivity index (χ0) is 12.4. The molecule has 0 unspecified atom stereocenters. The summed E-state index contributed by atoms with van der Waals surface area (Å²) in [5.74, 6) is -0.577. The fraction of sp³-hybridized carbons (Fsp3) is 0.154. The van der Waals surface area contributed by atoms with E-state index in [2.05, 4.69) is 0 Å². The molecular weight excluding hydrogens is 221 g/mol. The summed E-state index contributed by atoms with van der Waals surface area (Å²) in [5.41, 5.74) is 0.492. The number of fused-ring (bicyclic) bond motifs is 1. The molecule has 0 N–H and O–H groups in total. The number of rotatable bonds is 2. The molecule has 0 aliphatic heterocycles. The molecule has 2 aromatic carbocycles. The predicted octanol–water partition coefficient (Wildman–Crippen LogP) is 2.61. The number of benzene rings is 2. The lowest BCUT2D eigenvalue weighted by Gasteiger charge is -2.14.